The van der Waals surface area contributed by atoms with E-state index < -0.39 is 10.0 Å². The fraction of sp³-hybridized carbons (Fsp3) is 0.118. The van der Waals surface area contributed by atoms with Gasteiger partial charge in [-0.1, -0.05) is 48.0 Å². The predicted molar refractivity (Wildman–Crippen MR) is 86.6 cm³/mol. The molecule has 0 spiro atoms. The van der Waals surface area contributed by atoms with E-state index in [-0.39, 0.29) is 11.4 Å². The zero-order valence-electron chi connectivity index (χ0n) is 12.2. The van der Waals surface area contributed by atoms with Gasteiger partial charge in [0, 0.05) is 6.54 Å². The number of hydrogen-bond donors (Lipinski definition) is 1. The molecule has 0 unspecified atom stereocenters. The van der Waals surface area contributed by atoms with E-state index in [4.69, 9.17) is 5.26 Å². The van der Waals surface area contributed by atoms with Crippen LogP contribution in [0.4, 0.5) is 0 Å². The summed E-state index contributed by atoms with van der Waals surface area (Å²) < 4.78 is 26.7. The van der Waals surface area contributed by atoms with Crippen LogP contribution in [0.3, 0.4) is 0 Å². The van der Waals surface area contributed by atoms with Crippen LogP contribution in [0.1, 0.15) is 16.7 Å². The third-order valence-corrected chi connectivity index (χ3v) is 4.54. The number of hydrogen-bond acceptors (Lipinski definition) is 3. The smallest absolute Gasteiger partial charge is 0.207 e. The molecule has 0 amide bonds. The Bertz CT molecular complexity index is 816. The van der Waals surface area contributed by atoms with Gasteiger partial charge in [0.15, 0.2) is 0 Å². The number of sulfonamides is 1. The number of nitrogens with one attached hydrogen (secondary N) is 1. The van der Waals surface area contributed by atoms with Crippen LogP contribution in [0.25, 0.3) is 6.08 Å². The Labute approximate surface area is 130 Å². The summed E-state index contributed by atoms with van der Waals surface area (Å²) in [5.41, 5.74) is 2.33. The van der Waals surface area contributed by atoms with E-state index in [1.807, 2.05) is 19.1 Å². The van der Waals surface area contributed by atoms with E-state index >= 15 is 0 Å². The van der Waals surface area contributed by atoms with Crippen LogP contribution < -0.4 is 4.72 Å². The second-order valence-corrected chi connectivity index (χ2v) is 6.53. The SMILES string of the molecule is Cc1ccc(S(=O)(=O)NC/C=C/c2ccccc2C#N)cc1. The molecule has 0 heterocycles. The number of rotatable bonds is 5. The Morgan fingerprint density at radius 2 is 1.82 bits per heavy atom. The number of aryl methyl sites for hydroxylation is 1. The van der Waals surface area contributed by atoms with Gasteiger partial charge in [0.05, 0.1) is 16.5 Å². The van der Waals surface area contributed by atoms with Crippen molar-refractivity contribution in [2.75, 3.05) is 6.54 Å². The summed E-state index contributed by atoms with van der Waals surface area (Å²) in [5, 5.41) is 8.98. The average molecular weight is 312 g/mol. The van der Waals surface area contributed by atoms with Crippen LogP contribution in [-0.2, 0) is 10.0 Å². The molecule has 112 valence electrons. The Hall–Kier alpha value is -2.42. The summed E-state index contributed by atoms with van der Waals surface area (Å²) in [6, 6.07) is 15.9. The van der Waals surface area contributed by atoms with Gasteiger partial charge in [-0.05, 0) is 30.7 Å². The fourth-order valence-corrected chi connectivity index (χ4v) is 2.87. The standard InChI is InChI=1S/C17H16N2O2S/c1-14-8-10-17(11-9-14)22(20,21)19-12-4-7-15-5-2-3-6-16(15)13-18/h2-11,19H,12H2,1H3/b7-4+. The second-order valence-electron chi connectivity index (χ2n) is 4.77. The van der Waals surface area contributed by atoms with E-state index in [1.165, 1.54) is 0 Å². The monoisotopic (exact) mass is 312 g/mol. The van der Waals surface area contributed by atoms with Gasteiger partial charge < -0.3 is 0 Å². The summed E-state index contributed by atoms with van der Waals surface area (Å²) in [5.74, 6) is 0. The molecule has 1 N–H and O–H groups in total. The maximum absolute atomic E-state index is 12.1. The minimum atomic E-state index is -3.51. The Morgan fingerprint density at radius 1 is 1.14 bits per heavy atom. The molecule has 0 aliphatic rings. The lowest BCUT2D eigenvalue weighted by Crippen LogP contribution is -2.23. The van der Waals surface area contributed by atoms with Gasteiger partial charge in [-0.2, -0.15) is 5.26 Å². The Balaban J connectivity index is 2.03. The van der Waals surface area contributed by atoms with Crippen molar-refractivity contribution < 1.29 is 8.42 Å². The highest BCUT2D eigenvalue weighted by Crippen LogP contribution is 2.11. The quantitative estimate of drug-likeness (QED) is 0.923. The molecule has 0 saturated heterocycles. The molecule has 0 radical (unpaired) electrons. The minimum Gasteiger partial charge on any atom is -0.207 e. The number of nitrogens with zero attached hydrogens (tertiary/aromatic N) is 1. The summed E-state index contributed by atoms with van der Waals surface area (Å²) in [4.78, 5) is 0.240. The Kier molecular flexibility index (Phi) is 5.10. The van der Waals surface area contributed by atoms with Gasteiger partial charge in [0.2, 0.25) is 10.0 Å². The highest BCUT2D eigenvalue weighted by molar-refractivity contribution is 7.89. The molecule has 0 aliphatic carbocycles. The normalized spacial score (nSPS) is 11.5. The highest BCUT2D eigenvalue weighted by Gasteiger charge is 2.11. The molecule has 0 bridgehead atoms. The van der Waals surface area contributed by atoms with Gasteiger partial charge in [-0.15, -0.1) is 0 Å². The van der Waals surface area contributed by atoms with Crippen LogP contribution in [0, 0.1) is 18.3 Å². The molecule has 0 fully saturated rings. The van der Waals surface area contributed by atoms with E-state index in [0.717, 1.165) is 11.1 Å². The van der Waals surface area contributed by atoms with E-state index in [2.05, 4.69) is 10.8 Å². The molecule has 0 aromatic heterocycles. The van der Waals surface area contributed by atoms with Gasteiger partial charge in [0.1, 0.15) is 0 Å². The van der Waals surface area contributed by atoms with E-state index in [1.54, 1.807) is 48.6 Å². The zero-order valence-corrected chi connectivity index (χ0v) is 13.0. The molecule has 0 saturated carbocycles. The van der Waals surface area contributed by atoms with Gasteiger partial charge in [-0.25, -0.2) is 13.1 Å². The zero-order chi connectivity index (χ0) is 16.0. The molecule has 22 heavy (non-hydrogen) atoms. The molecule has 2 aromatic rings. The van der Waals surface area contributed by atoms with Gasteiger partial charge >= 0.3 is 0 Å². The minimum absolute atomic E-state index is 0.163. The highest BCUT2D eigenvalue weighted by atomic mass is 32.2. The van der Waals surface area contributed by atoms with E-state index in [0.29, 0.717) is 5.56 Å². The first-order chi connectivity index (χ1) is 10.5. The fourth-order valence-electron chi connectivity index (χ4n) is 1.89. The van der Waals surface area contributed by atoms with Crippen molar-refractivity contribution in [3.05, 3.63) is 71.3 Å². The van der Waals surface area contributed by atoms with Crippen molar-refractivity contribution in [3.63, 3.8) is 0 Å². The largest absolute Gasteiger partial charge is 0.240 e. The molecule has 2 aromatic carbocycles. The average Bonchev–Trinajstić information content (AvgIpc) is 2.52. The van der Waals surface area contributed by atoms with Crippen LogP contribution >= 0.6 is 0 Å². The van der Waals surface area contributed by atoms with Crippen LogP contribution in [-0.4, -0.2) is 15.0 Å². The summed E-state index contributed by atoms with van der Waals surface area (Å²) in [7, 11) is -3.51. The topological polar surface area (TPSA) is 70.0 Å². The van der Waals surface area contributed by atoms with Crippen LogP contribution in [0.2, 0.25) is 0 Å². The predicted octanol–water partition coefficient (Wildman–Crippen LogP) is 2.86. The van der Waals surface area contributed by atoms with Crippen molar-refractivity contribution in [3.8, 4) is 6.07 Å². The van der Waals surface area contributed by atoms with Crippen molar-refractivity contribution in [2.24, 2.45) is 0 Å². The number of benzene rings is 2. The first-order valence-corrected chi connectivity index (χ1v) is 8.23. The van der Waals surface area contributed by atoms with Crippen molar-refractivity contribution in [1.82, 2.24) is 4.72 Å². The number of nitriles is 1. The molecule has 4 nitrogen and oxygen atoms in total. The van der Waals surface area contributed by atoms with Crippen LogP contribution in [0.5, 0.6) is 0 Å². The van der Waals surface area contributed by atoms with Crippen molar-refractivity contribution in [2.45, 2.75) is 11.8 Å². The first-order valence-electron chi connectivity index (χ1n) is 6.75. The molecular weight excluding hydrogens is 296 g/mol. The summed E-state index contributed by atoms with van der Waals surface area (Å²) >= 11 is 0. The maximum Gasteiger partial charge on any atom is 0.240 e. The van der Waals surface area contributed by atoms with Gasteiger partial charge in [-0.3, -0.25) is 0 Å². The second kappa shape index (κ2) is 7.03. The lowest BCUT2D eigenvalue weighted by molar-refractivity contribution is 0.585. The molecule has 0 atom stereocenters. The maximum atomic E-state index is 12.1. The third kappa shape index (κ3) is 4.04. The van der Waals surface area contributed by atoms with Gasteiger partial charge in [0.25, 0.3) is 0 Å². The first kappa shape index (κ1) is 16.0. The molecule has 0 aliphatic heterocycles. The summed E-state index contributed by atoms with van der Waals surface area (Å²) in [6.07, 6.45) is 3.41. The molecule has 5 heteroatoms. The lowest BCUT2D eigenvalue weighted by atomic mass is 10.1. The lowest BCUT2D eigenvalue weighted by Gasteiger charge is -2.05. The van der Waals surface area contributed by atoms with Crippen LogP contribution in [0.15, 0.2) is 59.5 Å². The molecule has 2 rings (SSSR count). The summed E-state index contributed by atoms with van der Waals surface area (Å²) in [6.45, 7) is 2.06. The third-order valence-electron chi connectivity index (χ3n) is 3.10. The van der Waals surface area contributed by atoms with Crippen molar-refractivity contribution in [1.29, 1.82) is 5.26 Å². The molecular formula is C17H16N2O2S. The Morgan fingerprint density at radius 3 is 2.50 bits per heavy atom. The van der Waals surface area contributed by atoms with Crippen molar-refractivity contribution >= 4 is 16.1 Å². The van der Waals surface area contributed by atoms with E-state index in [9.17, 15) is 8.42 Å².